The Morgan fingerprint density at radius 2 is 2.42 bits per heavy atom. The SMILES string of the molecule is C[C@@H]1C=CC[C@@H](c2ccco2)O1. The third-order valence-corrected chi connectivity index (χ3v) is 2.00. The van der Waals surface area contributed by atoms with Gasteiger partial charge in [-0.1, -0.05) is 12.2 Å². The number of hydrogen-bond donors (Lipinski definition) is 0. The Labute approximate surface area is 71.8 Å². The van der Waals surface area contributed by atoms with Gasteiger partial charge in [0.15, 0.2) is 0 Å². The van der Waals surface area contributed by atoms with Gasteiger partial charge >= 0.3 is 0 Å². The molecular weight excluding hydrogens is 152 g/mol. The topological polar surface area (TPSA) is 22.4 Å². The fraction of sp³-hybridized carbons (Fsp3) is 0.400. The van der Waals surface area contributed by atoms with Crippen LogP contribution in [0.3, 0.4) is 0 Å². The van der Waals surface area contributed by atoms with E-state index in [9.17, 15) is 0 Å². The van der Waals surface area contributed by atoms with E-state index < -0.39 is 0 Å². The summed E-state index contributed by atoms with van der Waals surface area (Å²) < 4.78 is 10.9. The number of furan rings is 1. The molecule has 1 aromatic heterocycles. The van der Waals surface area contributed by atoms with Crippen molar-refractivity contribution in [2.45, 2.75) is 25.6 Å². The summed E-state index contributed by atoms with van der Waals surface area (Å²) in [7, 11) is 0. The van der Waals surface area contributed by atoms with Crippen LogP contribution in [0.1, 0.15) is 25.2 Å². The summed E-state index contributed by atoms with van der Waals surface area (Å²) in [4.78, 5) is 0. The summed E-state index contributed by atoms with van der Waals surface area (Å²) in [6, 6.07) is 3.85. The van der Waals surface area contributed by atoms with Crippen LogP contribution in [-0.4, -0.2) is 6.10 Å². The third kappa shape index (κ3) is 1.43. The van der Waals surface area contributed by atoms with E-state index in [0.29, 0.717) is 0 Å². The van der Waals surface area contributed by atoms with E-state index in [2.05, 4.69) is 12.2 Å². The predicted molar refractivity (Wildman–Crippen MR) is 45.8 cm³/mol. The van der Waals surface area contributed by atoms with E-state index in [1.165, 1.54) is 0 Å². The van der Waals surface area contributed by atoms with Crippen LogP contribution in [0.25, 0.3) is 0 Å². The fourth-order valence-electron chi connectivity index (χ4n) is 1.41. The Kier molecular flexibility index (Phi) is 2.00. The first-order valence-electron chi connectivity index (χ1n) is 4.22. The van der Waals surface area contributed by atoms with Crippen LogP contribution in [0.4, 0.5) is 0 Å². The van der Waals surface area contributed by atoms with Gasteiger partial charge in [-0.3, -0.25) is 0 Å². The lowest BCUT2D eigenvalue weighted by Gasteiger charge is -2.21. The van der Waals surface area contributed by atoms with Gasteiger partial charge in [0, 0.05) is 0 Å². The largest absolute Gasteiger partial charge is 0.467 e. The lowest BCUT2D eigenvalue weighted by atomic mass is 10.1. The maximum Gasteiger partial charge on any atom is 0.132 e. The van der Waals surface area contributed by atoms with Crippen molar-refractivity contribution in [3.05, 3.63) is 36.3 Å². The van der Waals surface area contributed by atoms with E-state index in [0.717, 1.165) is 12.2 Å². The lowest BCUT2D eigenvalue weighted by molar-refractivity contribution is 0.00198. The zero-order chi connectivity index (χ0) is 8.39. The van der Waals surface area contributed by atoms with E-state index in [1.54, 1.807) is 6.26 Å². The fourth-order valence-corrected chi connectivity index (χ4v) is 1.41. The minimum atomic E-state index is 0.111. The summed E-state index contributed by atoms with van der Waals surface area (Å²) >= 11 is 0. The molecular formula is C10H12O2. The lowest BCUT2D eigenvalue weighted by Crippen LogP contribution is -2.14. The molecule has 0 spiro atoms. The first-order valence-corrected chi connectivity index (χ1v) is 4.22. The highest BCUT2D eigenvalue weighted by Gasteiger charge is 2.18. The maximum absolute atomic E-state index is 5.65. The quantitative estimate of drug-likeness (QED) is 0.595. The molecule has 0 saturated heterocycles. The van der Waals surface area contributed by atoms with Gasteiger partial charge in [0.05, 0.1) is 12.4 Å². The molecule has 1 aliphatic rings. The van der Waals surface area contributed by atoms with Crippen molar-refractivity contribution in [1.29, 1.82) is 0 Å². The maximum atomic E-state index is 5.65. The normalized spacial score (nSPS) is 29.1. The van der Waals surface area contributed by atoms with Crippen LogP contribution in [0.2, 0.25) is 0 Å². The molecule has 12 heavy (non-hydrogen) atoms. The van der Waals surface area contributed by atoms with Crippen molar-refractivity contribution in [2.24, 2.45) is 0 Å². The first kappa shape index (κ1) is 7.62. The molecule has 2 heterocycles. The van der Waals surface area contributed by atoms with E-state index in [1.807, 2.05) is 19.1 Å². The molecule has 2 nitrogen and oxygen atoms in total. The molecule has 64 valence electrons. The monoisotopic (exact) mass is 164 g/mol. The van der Waals surface area contributed by atoms with Gasteiger partial charge in [-0.15, -0.1) is 0 Å². The average molecular weight is 164 g/mol. The van der Waals surface area contributed by atoms with Crippen molar-refractivity contribution in [3.8, 4) is 0 Å². The van der Waals surface area contributed by atoms with Crippen LogP contribution in [0.5, 0.6) is 0 Å². The predicted octanol–water partition coefficient (Wildman–Crippen LogP) is 2.69. The second kappa shape index (κ2) is 3.15. The van der Waals surface area contributed by atoms with Crippen molar-refractivity contribution in [3.63, 3.8) is 0 Å². The van der Waals surface area contributed by atoms with Gasteiger partial charge in [-0.2, -0.15) is 0 Å². The molecule has 0 aromatic carbocycles. The van der Waals surface area contributed by atoms with Gasteiger partial charge in [0.25, 0.3) is 0 Å². The number of hydrogen-bond acceptors (Lipinski definition) is 2. The van der Waals surface area contributed by atoms with Gasteiger partial charge < -0.3 is 9.15 Å². The summed E-state index contributed by atoms with van der Waals surface area (Å²) in [5, 5.41) is 0. The highest BCUT2D eigenvalue weighted by atomic mass is 16.5. The summed E-state index contributed by atoms with van der Waals surface area (Å²) in [5.74, 6) is 0.922. The van der Waals surface area contributed by atoms with Crippen LogP contribution in [0, 0.1) is 0 Å². The van der Waals surface area contributed by atoms with Gasteiger partial charge in [-0.25, -0.2) is 0 Å². The van der Waals surface area contributed by atoms with Gasteiger partial charge in [0.1, 0.15) is 11.9 Å². The Morgan fingerprint density at radius 1 is 1.50 bits per heavy atom. The molecule has 0 aliphatic carbocycles. The Balaban J connectivity index is 2.12. The Hall–Kier alpha value is -1.02. The van der Waals surface area contributed by atoms with Crippen LogP contribution >= 0.6 is 0 Å². The third-order valence-electron chi connectivity index (χ3n) is 2.00. The minimum Gasteiger partial charge on any atom is -0.467 e. The highest BCUT2D eigenvalue weighted by molar-refractivity contribution is 5.07. The molecule has 0 fully saturated rings. The van der Waals surface area contributed by atoms with Crippen molar-refractivity contribution < 1.29 is 9.15 Å². The van der Waals surface area contributed by atoms with E-state index in [4.69, 9.17) is 9.15 Å². The van der Waals surface area contributed by atoms with Crippen LogP contribution in [0.15, 0.2) is 35.0 Å². The molecule has 0 bridgehead atoms. The van der Waals surface area contributed by atoms with E-state index >= 15 is 0 Å². The Bertz CT molecular complexity index is 261. The molecule has 2 atom stereocenters. The van der Waals surface area contributed by atoms with Crippen molar-refractivity contribution in [1.82, 2.24) is 0 Å². The summed E-state index contributed by atoms with van der Waals surface area (Å²) in [5.41, 5.74) is 0. The molecule has 0 saturated carbocycles. The second-order valence-corrected chi connectivity index (χ2v) is 3.01. The molecule has 0 unspecified atom stereocenters. The van der Waals surface area contributed by atoms with Crippen molar-refractivity contribution in [2.75, 3.05) is 0 Å². The molecule has 1 aliphatic heterocycles. The van der Waals surface area contributed by atoms with Gasteiger partial charge in [0.2, 0.25) is 0 Å². The zero-order valence-electron chi connectivity index (χ0n) is 7.07. The average Bonchev–Trinajstić information content (AvgIpc) is 2.56. The number of rotatable bonds is 1. The first-order chi connectivity index (χ1) is 5.86. The van der Waals surface area contributed by atoms with Crippen LogP contribution < -0.4 is 0 Å². The molecule has 0 radical (unpaired) electrons. The second-order valence-electron chi connectivity index (χ2n) is 3.01. The summed E-state index contributed by atoms with van der Waals surface area (Å²) in [6.45, 7) is 2.03. The molecule has 0 N–H and O–H groups in total. The molecule has 2 heteroatoms. The highest BCUT2D eigenvalue weighted by Crippen LogP contribution is 2.27. The molecule has 2 rings (SSSR count). The molecule has 0 amide bonds. The van der Waals surface area contributed by atoms with Gasteiger partial charge in [-0.05, 0) is 25.5 Å². The Morgan fingerprint density at radius 3 is 3.08 bits per heavy atom. The smallest absolute Gasteiger partial charge is 0.132 e. The number of ether oxygens (including phenoxy) is 1. The zero-order valence-corrected chi connectivity index (χ0v) is 7.07. The van der Waals surface area contributed by atoms with Crippen molar-refractivity contribution >= 4 is 0 Å². The molecule has 1 aromatic rings. The van der Waals surface area contributed by atoms with Crippen LogP contribution in [-0.2, 0) is 4.74 Å². The van der Waals surface area contributed by atoms with E-state index in [-0.39, 0.29) is 12.2 Å². The minimum absolute atomic E-state index is 0.111. The summed E-state index contributed by atoms with van der Waals surface area (Å²) in [6.07, 6.45) is 7.12. The standard InChI is InChI=1S/C10H12O2/c1-8-4-2-5-10(12-8)9-6-3-7-11-9/h2-4,6-8,10H,5H2,1H3/t8-,10+/m1/s1.